The van der Waals surface area contributed by atoms with Gasteiger partial charge in [0.1, 0.15) is 0 Å². The zero-order chi connectivity index (χ0) is 11.0. The molecule has 0 N–H and O–H groups in total. The number of thioether (sulfide) groups is 1. The summed E-state index contributed by atoms with van der Waals surface area (Å²) in [6.07, 6.45) is 2.39. The summed E-state index contributed by atoms with van der Waals surface area (Å²) in [5, 5.41) is 1.12. The maximum absolute atomic E-state index is 6.13. The second kappa shape index (κ2) is 4.59. The average molecular weight is 254 g/mol. The Hall–Kier alpha value is -0.180. The lowest BCUT2D eigenvalue weighted by Crippen LogP contribution is -2.29. The molecule has 1 fully saturated rings. The Labute approximate surface area is 106 Å². The second-order valence-electron chi connectivity index (χ2n) is 4.70. The first-order valence-corrected chi connectivity index (χ1v) is 7.24. The molecule has 2 aliphatic rings. The van der Waals surface area contributed by atoms with Gasteiger partial charge in [-0.1, -0.05) is 18.2 Å². The van der Waals surface area contributed by atoms with Crippen molar-refractivity contribution in [3.8, 4) is 0 Å². The minimum atomic E-state index is 0.383. The molecule has 0 bridgehead atoms. The zero-order valence-corrected chi connectivity index (χ0v) is 10.8. The Morgan fingerprint density at radius 3 is 3.00 bits per heavy atom. The molecule has 16 heavy (non-hydrogen) atoms. The Kier molecular flexibility index (Phi) is 3.14. The van der Waals surface area contributed by atoms with Gasteiger partial charge in [0.05, 0.1) is 0 Å². The number of hydrogen-bond donors (Lipinski definition) is 0. The van der Waals surface area contributed by atoms with E-state index in [0.717, 1.165) is 18.2 Å². The van der Waals surface area contributed by atoms with Crippen molar-refractivity contribution in [3.05, 3.63) is 29.8 Å². The summed E-state index contributed by atoms with van der Waals surface area (Å²) in [6, 6.07) is 8.79. The SMILES string of the molecule is ClC1CCN(CC2Cc3ccccc3S2)C1. The Morgan fingerprint density at radius 1 is 1.38 bits per heavy atom. The van der Waals surface area contributed by atoms with Crippen LogP contribution in [0.25, 0.3) is 0 Å². The quantitative estimate of drug-likeness (QED) is 0.746. The van der Waals surface area contributed by atoms with E-state index < -0.39 is 0 Å². The highest BCUT2D eigenvalue weighted by Crippen LogP contribution is 2.37. The summed E-state index contributed by atoms with van der Waals surface area (Å²) >= 11 is 8.17. The van der Waals surface area contributed by atoms with Crippen molar-refractivity contribution in [1.82, 2.24) is 4.90 Å². The fourth-order valence-corrected chi connectivity index (χ4v) is 4.25. The summed E-state index contributed by atoms with van der Waals surface area (Å²) in [6.45, 7) is 3.46. The smallest absolute Gasteiger partial charge is 0.0475 e. The molecule has 3 heteroatoms. The van der Waals surface area contributed by atoms with E-state index >= 15 is 0 Å². The molecule has 0 radical (unpaired) electrons. The van der Waals surface area contributed by atoms with E-state index in [-0.39, 0.29) is 0 Å². The predicted molar refractivity (Wildman–Crippen MR) is 70.5 cm³/mol. The maximum Gasteiger partial charge on any atom is 0.0475 e. The molecule has 2 aliphatic heterocycles. The number of likely N-dealkylation sites (tertiary alicyclic amines) is 1. The third kappa shape index (κ3) is 2.24. The van der Waals surface area contributed by atoms with Crippen molar-refractivity contribution in [2.24, 2.45) is 0 Å². The van der Waals surface area contributed by atoms with Gasteiger partial charge in [-0.25, -0.2) is 0 Å². The number of alkyl halides is 1. The predicted octanol–water partition coefficient (Wildman–Crippen LogP) is 3.02. The van der Waals surface area contributed by atoms with Gasteiger partial charge in [0, 0.05) is 28.6 Å². The van der Waals surface area contributed by atoms with Crippen LogP contribution in [0.1, 0.15) is 12.0 Å². The van der Waals surface area contributed by atoms with Gasteiger partial charge in [0.15, 0.2) is 0 Å². The number of halogens is 1. The van der Waals surface area contributed by atoms with Crippen molar-refractivity contribution < 1.29 is 0 Å². The molecule has 1 aromatic rings. The highest BCUT2D eigenvalue weighted by Gasteiger charge is 2.27. The van der Waals surface area contributed by atoms with Gasteiger partial charge < -0.3 is 4.90 Å². The molecule has 2 atom stereocenters. The number of benzene rings is 1. The second-order valence-corrected chi connectivity index (χ2v) is 6.66. The number of hydrogen-bond acceptors (Lipinski definition) is 2. The molecule has 0 aromatic heterocycles. The van der Waals surface area contributed by atoms with Crippen LogP contribution in [0.2, 0.25) is 0 Å². The number of fused-ring (bicyclic) bond motifs is 1. The van der Waals surface area contributed by atoms with Crippen LogP contribution in [0, 0.1) is 0 Å². The van der Waals surface area contributed by atoms with Gasteiger partial charge in [-0.3, -0.25) is 0 Å². The van der Waals surface area contributed by atoms with Crippen molar-refractivity contribution in [2.45, 2.75) is 28.4 Å². The Bertz CT molecular complexity index is 357. The van der Waals surface area contributed by atoms with E-state index in [1.54, 1.807) is 0 Å². The Morgan fingerprint density at radius 2 is 2.25 bits per heavy atom. The minimum Gasteiger partial charge on any atom is -0.301 e. The molecule has 0 aliphatic carbocycles. The van der Waals surface area contributed by atoms with Gasteiger partial charge in [-0.2, -0.15) is 0 Å². The average Bonchev–Trinajstić information content (AvgIpc) is 2.84. The fourth-order valence-electron chi connectivity index (χ4n) is 2.59. The summed E-state index contributed by atoms with van der Waals surface area (Å²) in [5.41, 5.74) is 1.53. The van der Waals surface area contributed by atoms with E-state index in [0.29, 0.717) is 5.38 Å². The summed E-state index contributed by atoms with van der Waals surface area (Å²) in [7, 11) is 0. The first-order valence-electron chi connectivity index (χ1n) is 5.92. The first kappa shape index (κ1) is 10.9. The van der Waals surface area contributed by atoms with E-state index in [2.05, 4.69) is 29.2 Å². The molecule has 0 spiro atoms. The maximum atomic E-state index is 6.13. The summed E-state index contributed by atoms with van der Waals surface area (Å²) in [4.78, 5) is 4.00. The van der Waals surface area contributed by atoms with E-state index in [9.17, 15) is 0 Å². The molecule has 1 saturated heterocycles. The van der Waals surface area contributed by atoms with E-state index in [4.69, 9.17) is 11.6 Å². The summed E-state index contributed by atoms with van der Waals surface area (Å²) in [5.74, 6) is 0. The lowest BCUT2D eigenvalue weighted by atomic mass is 10.1. The molecule has 2 unspecified atom stereocenters. The van der Waals surface area contributed by atoms with Crippen molar-refractivity contribution in [2.75, 3.05) is 19.6 Å². The van der Waals surface area contributed by atoms with Gasteiger partial charge in [-0.15, -0.1) is 23.4 Å². The van der Waals surface area contributed by atoms with Crippen LogP contribution in [0.15, 0.2) is 29.2 Å². The molecule has 3 rings (SSSR count). The highest BCUT2D eigenvalue weighted by molar-refractivity contribution is 8.00. The van der Waals surface area contributed by atoms with Crippen molar-refractivity contribution in [1.29, 1.82) is 0 Å². The van der Waals surface area contributed by atoms with Crippen LogP contribution in [0.3, 0.4) is 0 Å². The van der Waals surface area contributed by atoms with Crippen LogP contribution >= 0.6 is 23.4 Å². The lowest BCUT2D eigenvalue weighted by molar-refractivity contribution is 0.340. The monoisotopic (exact) mass is 253 g/mol. The van der Waals surface area contributed by atoms with Crippen LogP contribution in [0.4, 0.5) is 0 Å². The fraction of sp³-hybridized carbons (Fsp3) is 0.538. The minimum absolute atomic E-state index is 0.383. The molecule has 1 aromatic carbocycles. The largest absolute Gasteiger partial charge is 0.301 e. The molecular formula is C13H16ClNS. The standard InChI is InChI=1S/C13H16ClNS/c14-11-5-6-15(8-11)9-12-7-10-3-1-2-4-13(10)16-12/h1-4,11-12H,5-9H2. The third-order valence-electron chi connectivity index (χ3n) is 3.39. The van der Waals surface area contributed by atoms with Gasteiger partial charge >= 0.3 is 0 Å². The molecule has 0 amide bonds. The third-order valence-corrected chi connectivity index (χ3v) is 5.05. The molecular weight excluding hydrogens is 238 g/mol. The molecule has 86 valence electrons. The van der Waals surface area contributed by atoms with Gasteiger partial charge in [0.25, 0.3) is 0 Å². The molecule has 2 heterocycles. The number of rotatable bonds is 2. The van der Waals surface area contributed by atoms with Crippen molar-refractivity contribution in [3.63, 3.8) is 0 Å². The zero-order valence-electron chi connectivity index (χ0n) is 9.23. The summed E-state index contributed by atoms with van der Waals surface area (Å²) < 4.78 is 0. The van der Waals surface area contributed by atoms with Crippen LogP contribution in [-0.4, -0.2) is 35.2 Å². The van der Waals surface area contributed by atoms with Crippen molar-refractivity contribution >= 4 is 23.4 Å². The van der Waals surface area contributed by atoms with Gasteiger partial charge in [0.2, 0.25) is 0 Å². The first-order chi connectivity index (χ1) is 7.81. The normalized spacial score (nSPS) is 29.6. The van der Waals surface area contributed by atoms with E-state index in [1.807, 2.05) is 11.8 Å². The topological polar surface area (TPSA) is 3.24 Å². The molecule has 1 nitrogen and oxygen atoms in total. The lowest BCUT2D eigenvalue weighted by Gasteiger charge is -2.18. The van der Waals surface area contributed by atoms with Crippen LogP contribution in [-0.2, 0) is 6.42 Å². The Balaban J connectivity index is 1.60. The van der Waals surface area contributed by atoms with Crippen LogP contribution < -0.4 is 0 Å². The van der Waals surface area contributed by atoms with Crippen LogP contribution in [0.5, 0.6) is 0 Å². The van der Waals surface area contributed by atoms with Gasteiger partial charge in [-0.05, 0) is 31.0 Å². The molecule has 0 saturated carbocycles. The van der Waals surface area contributed by atoms with E-state index in [1.165, 1.54) is 30.0 Å². The number of nitrogens with zero attached hydrogens (tertiary/aromatic N) is 1. The highest BCUT2D eigenvalue weighted by atomic mass is 35.5.